The molecule has 22 heavy (non-hydrogen) atoms. The summed E-state index contributed by atoms with van der Waals surface area (Å²) in [6.45, 7) is 0. The molecule has 1 aromatic carbocycles. The number of thioether (sulfide) groups is 1. The Morgan fingerprint density at radius 3 is 2.82 bits per heavy atom. The van der Waals surface area contributed by atoms with Crippen LogP contribution >= 0.6 is 36.2 Å². The monoisotopic (exact) mass is 350 g/mol. The number of nitro benzene ring substituents is 1. The first-order valence-corrected chi connectivity index (χ1v) is 8.07. The van der Waals surface area contributed by atoms with Gasteiger partial charge in [-0.2, -0.15) is 0 Å². The third-order valence-corrected chi connectivity index (χ3v) is 5.09. The van der Waals surface area contributed by atoms with Crippen molar-refractivity contribution < 1.29 is 9.34 Å². The van der Waals surface area contributed by atoms with E-state index in [2.05, 4.69) is 5.32 Å². The zero-order chi connectivity index (χ0) is 15.7. The average Bonchev–Trinajstić information content (AvgIpc) is 3.06. The van der Waals surface area contributed by atoms with E-state index in [9.17, 15) is 10.1 Å². The van der Waals surface area contributed by atoms with E-state index in [0.29, 0.717) is 27.1 Å². The smallest absolute Gasteiger partial charge is 0.270 e. The summed E-state index contributed by atoms with van der Waals surface area (Å²) in [6, 6.07) is 10.0. The Morgan fingerprint density at radius 2 is 2.14 bits per heavy atom. The Balaban J connectivity index is 1.79. The van der Waals surface area contributed by atoms with Crippen LogP contribution in [-0.4, -0.2) is 19.5 Å². The number of rotatable bonds is 4. The normalized spacial score (nSPS) is 17.5. The molecule has 0 spiro atoms. The minimum atomic E-state index is -0.423. The summed E-state index contributed by atoms with van der Waals surface area (Å²) in [5, 5.41) is 13.9. The quantitative estimate of drug-likeness (QED) is 0.512. The van der Waals surface area contributed by atoms with Crippen LogP contribution in [0.5, 0.6) is 0 Å². The van der Waals surface area contributed by atoms with Crippen molar-refractivity contribution in [1.82, 2.24) is 5.32 Å². The summed E-state index contributed by atoms with van der Waals surface area (Å²) >= 11 is 11.8. The Kier molecular flexibility index (Phi) is 4.23. The lowest BCUT2D eigenvalue weighted by atomic mass is 10.1. The van der Waals surface area contributed by atoms with E-state index in [4.69, 9.17) is 28.9 Å². The minimum Gasteiger partial charge on any atom is -0.461 e. The van der Waals surface area contributed by atoms with Gasteiger partial charge in [0, 0.05) is 24.1 Å². The lowest BCUT2D eigenvalue weighted by Crippen LogP contribution is -2.23. The summed E-state index contributed by atoms with van der Waals surface area (Å²) in [7, 11) is 0. The van der Waals surface area contributed by atoms with Gasteiger partial charge in [0.1, 0.15) is 15.8 Å². The van der Waals surface area contributed by atoms with Crippen LogP contribution in [0.3, 0.4) is 0 Å². The average molecular weight is 350 g/mol. The van der Waals surface area contributed by atoms with Crippen LogP contribution in [0.2, 0.25) is 0 Å². The van der Waals surface area contributed by atoms with Gasteiger partial charge in [-0.05, 0) is 12.1 Å². The molecule has 5 nitrogen and oxygen atoms in total. The van der Waals surface area contributed by atoms with Crippen LogP contribution in [0.4, 0.5) is 5.69 Å². The molecule has 1 N–H and O–H groups in total. The predicted octanol–water partition coefficient (Wildman–Crippen LogP) is 3.71. The summed E-state index contributed by atoms with van der Waals surface area (Å²) in [5.74, 6) is 1.37. The van der Waals surface area contributed by atoms with Gasteiger partial charge in [-0.3, -0.25) is 10.1 Å². The standard InChI is InChI=1S/C14H10N2O3S3/c17-16(18)9-3-1-2-8(6-9)11-5-4-10(19-11)7-12-13(20)15-14(21)22-12/h1-6,12H,7H2,(H,15,20,21). The van der Waals surface area contributed by atoms with Crippen molar-refractivity contribution in [2.24, 2.45) is 0 Å². The number of hydrogen-bond acceptors (Lipinski definition) is 6. The number of nitro groups is 1. The molecule has 0 bridgehead atoms. The molecule has 1 unspecified atom stereocenters. The Labute approximate surface area is 141 Å². The molecule has 1 fully saturated rings. The van der Waals surface area contributed by atoms with Gasteiger partial charge in [0.25, 0.3) is 5.69 Å². The van der Waals surface area contributed by atoms with Crippen LogP contribution in [0.1, 0.15) is 5.76 Å². The number of thiocarbonyl (C=S) groups is 2. The third-order valence-electron chi connectivity index (χ3n) is 3.16. The highest BCUT2D eigenvalue weighted by Crippen LogP contribution is 2.29. The number of furan rings is 1. The number of benzene rings is 1. The second kappa shape index (κ2) is 6.15. The SMILES string of the molecule is O=[N+]([O-])c1cccc(-c2ccc(CC3SC(=S)NC3=S)o2)c1. The first-order chi connectivity index (χ1) is 10.5. The zero-order valence-electron chi connectivity index (χ0n) is 11.1. The maximum Gasteiger partial charge on any atom is 0.270 e. The molecule has 1 aliphatic rings. The summed E-state index contributed by atoms with van der Waals surface area (Å²) in [4.78, 5) is 11.1. The van der Waals surface area contributed by atoms with Crippen molar-refractivity contribution in [2.45, 2.75) is 11.7 Å². The molecule has 8 heteroatoms. The van der Waals surface area contributed by atoms with E-state index in [-0.39, 0.29) is 10.9 Å². The van der Waals surface area contributed by atoms with Crippen molar-refractivity contribution in [1.29, 1.82) is 0 Å². The Hall–Kier alpha value is -1.77. The van der Waals surface area contributed by atoms with Gasteiger partial charge < -0.3 is 9.73 Å². The maximum absolute atomic E-state index is 10.8. The summed E-state index contributed by atoms with van der Waals surface area (Å²) in [6.07, 6.45) is 0.631. The van der Waals surface area contributed by atoms with E-state index in [1.165, 1.54) is 23.9 Å². The molecule has 1 aliphatic heterocycles. The molecule has 0 radical (unpaired) electrons. The minimum absolute atomic E-state index is 0.0394. The molecule has 1 saturated heterocycles. The molecule has 0 amide bonds. The van der Waals surface area contributed by atoms with E-state index >= 15 is 0 Å². The van der Waals surface area contributed by atoms with Gasteiger partial charge in [-0.1, -0.05) is 48.3 Å². The molecule has 0 saturated carbocycles. The first kappa shape index (κ1) is 15.1. The van der Waals surface area contributed by atoms with E-state index < -0.39 is 4.92 Å². The van der Waals surface area contributed by atoms with Crippen LogP contribution < -0.4 is 5.32 Å². The molecule has 2 aromatic rings. The van der Waals surface area contributed by atoms with E-state index in [1.54, 1.807) is 12.1 Å². The molecular weight excluding hydrogens is 340 g/mol. The van der Waals surface area contributed by atoms with Gasteiger partial charge in [0.05, 0.1) is 15.2 Å². The fourth-order valence-corrected chi connectivity index (χ4v) is 3.88. The predicted molar refractivity (Wildman–Crippen MR) is 94.2 cm³/mol. The molecule has 0 aliphatic carbocycles. The van der Waals surface area contributed by atoms with Crippen LogP contribution in [-0.2, 0) is 6.42 Å². The highest BCUT2D eigenvalue weighted by Gasteiger charge is 2.26. The number of hydrogen-bond donors (Lipinski definition) is 1. The summed E-state index contributed by atoms with van der Waals surface area (Å²) < 4.78 is 6.46. The van der Waals surface area contributed by atoms with Crippen molar-refractivity contribution >= 4 is 51.2 Å². The fourth-order valence-electron chi connectivity index (χ4n) is 2.13. The van der Waals surface area contributed by atoms with E-state index in [1.807, 2.05) is 12.1 Å². The van der Waals surface area contributed by atoms with Gasteiger partial charge in [0.2, 0.25) is 0 Å². The molecule has 3 rings (SSSR count). The van der Waals surface area contributed by atoms with Gasteiger partial charge >= 0.3 is 0 Å². The molecule has 2 heterocycles. The molecule has 112 valence electrons. The van der Waals surface area contributed by atoms with Gasteiger partial charge in [-0.15, -0.1) is 0 Å². The first-order valence-electron chi connectivity index (χ1n) is 6.38. The maximum atomic E-state index is 10.8. The number of nitrogens with one attached hydrogen (secondary N) is 1. The van der Waals surface area contributed by atoms with Crippen LogP contribution in [0, 0.1) is 10.1 Å². The molecule has 1 atom stereocenters. The summed E-state index contributed by atoms with van der Waals surface area (Å²) in [5.41, 5.74) is 0.716. The fraction of sp³-hybridized carbons (Fsp3) is 0.143. The van der Waals surface area contributed by atoms with Crippen LogP contribution in [0.15, 0.2) is 40.8 Å². The van der Waals surface area contributed by atoms with Crippen molar-refractivity contribution in [3.63, 3.8) is 0 Å². The lowest BCUT2D eigenvalue weighted by Gasteiger charge is -2.04. The topological polar surface area (TPSA) is 68.3 Å². The highest BCUT2D eigenvalue weighted by atomic mass is 32.2. The van der Waals surface area contributed by atoms with E-state index in [0.717, 1.165) is 5.76 Å². The largest absolute Gasteiger partial charge is 0.461 e. The second-order valence-electron chi connectivity index (χ2n) is 4.66. The number of nitrogens with zero attached hydrogens (tertiary/aromatic N) is 1. The highest BCUT2D eigenvalue weighted by molar-refractivity contribution is 8.25. The van der Waals surface area contributed by atoms with Gasteiger partial charge in [-0.25, -0.2) is 0 Å². The lowest BCUT2D eigenvalue weighted by molar-refractivity contribution is -0.384. The zero-order valence-corrected chi connectivity index (χ0v) is 13.6. The Morgan fingerprint density at radius 1 is 1.32 bits per heavy atom. The van der Waals surface area contributed by atoms with Crippen molar-refractivity contribution in [3.05, 3.63) is 52.3 Å². The third kappa shape index (κ3) is 3.18. The Bertz CT molecular complexity index is 772. The van der Waals surface area contributed by atoms with Gasteiger partial charge in [0.15, 0.2) is 0 Å². The van der Waals surface area contributed by atoms with Crippen molar-refractivity contribution in [2.75, 3.05) is 0 Å². The second-order valence-corrected chi connectivity index (χ2v) is 6.98. The molecular formula is C14H10N2O3S3. The number of non-ortho nitro benzene ring substituents is 1. The molecule has 1 aromatic heterocycles. The van der Waals surface area contributed by atoms with Crippen molar-refractivity contribution in [3.8, 4) is 11.3 Å². The van der Waals surface area contributed by atoms with Crippen LogP contribution in [0.25, 0.3) is 11.3 Å².